The maximum Gasteiger partial charge on any atom is 0.524 e. The molecule has 0 spiro atoms. The van der Waals surface area contributed by atoms with Gasteiger partial charge in [-0.2, -0.15) is 8.42 Å². The minimum Gasteiger partial charge on any atom is -0.508 e. The summed E-state index contributed by atoms with van der Waals surface area (Å²) in [7, 11) is -9.03. The van der Waals surface area contributed by atoms with Crippen LogP contribution in [0, 0.1) is 13.8 Å². The predicted octanol–water partition coefficient (Wildman–Crippen LogP) is 5.74. The molecular formula is C27H31O8PS. The largest absolute Gasteiger partial charge is 0.524 e. The second-order valence-corrected chi connectivity index (χ2v) is 12.7. The first-order valence-electron chi connectivity index (χ1n) is 11.9. The Hall–Kier alpha value is -2.68. The summed E-state index contributed by atoms with van der Waals surface area (Å²) < 4.78 is 49.6. The molecule has 3 N–H and O–H groups in total. The Kier molecular flexibility index (Phi) is 6.84. The SMILES string of the molecule is Cc1cc(O)c(C(C)C)cc1C1(c2cc(C(C)C)c(OP(=O)(O)O)cc2C)OS(=O)(=O)c2ccccc21. The lowest BCUT2D eigenvalue weighted by Gasteiger charge is -2.34. The van der Waals surface area contributed by atoms with Crippen LogP contribution in [0.3, 0.4) is 0 Å². The molecule has 1 aliphatic rings. The van der Waals surface area contributed by atoms with Gasteiger partial charge in [0.15, 0.2) is 5.60 Å². The van der Waals surface area contributed by atoms with E-state index in [4.69, 9.17) is 8.71 Å². The lowest BCUT2D eigenvalue weighted by atomic mass is 9.75. The van der Waals surface area contributed by atoms with E-state index in [0.29, 0.717) is 38.9 Å². The summed E-state index contributed by atoms with van der Waals surface area (Å²) in [5.41, 5.74) is 2.09. The third-order valence-electron chi connectivity index (χ3n) is 6.72. The Morgan fingerprint density at radius 1 is 0.865 bits per heavy atom. The second-order valence-electron chi connectivity index (χ2n) is 10.0. The number of phenolic OH excluding ortho intramolecular Hbond substituents is 1. The Labute approximate surface area is 217 Å². The summed E-state index contributed by atoms with van der Waals surface area (Å²) >= 11 is 0. The van der Waals surface area contributed by atoms with Crippen molar-refractivity contribution < 1.29 is 36.6 Å². The molecule has 3 aromatic carbocycles. The fraction of sp³-hybridized carbons (Fsp3) is 0.333. The first-order chi connectivity index (χ1) is 17.1. The molecule has 0 saturated carbocycles. The zero-order chi connectivity index (χ0) is 27.5. The van der Waals surface area contributed by atoms with E-state index in [1.807, 2.05) is 27.7 Å². The molecule has 1 unspecified atom stereocenters. The fourth-order valence-corrected chi connectivity index (χ4v) is 6.87. The molecular weight excluding hydrogens is 515 g/mol. The normalized spacial score (nSPS) is 18.9. The van der Waals surface area contributed by atoms with Crippen LogP contribution in [0.2, 0.25) is 0 Å². The summed E-state index contributed by atoms with van der Waals surface area (Å²) in [5, 5.41) is 10.6. The molecule has 1 atom stereocenters. The van der Waals surface area contributed by atoms with Crippen molar-refractivity contribution in [2.75, 3.05) is 0 Å². The minimum absolute atomic E-state index is 0.0131. The zero-order valence-electron chi connectivity index (χ0n) is 21.5. The number of aromatic hydroxyl groups is 1. The Morgan fingerprint density at radius 3 is 1.97 bits per heavy atom. The van der Waals surface area contributed by atoms with Crippen molar-refractivity contribution in [3.8, 4) is 11.5 Å². The van der Waals surface area contributed by atoms with Crippen molar-refractivity contribution in [3.63, 3.8) is 0 Å². The number of phosphoric ester groups is 1. The number of benzene rings is 3. The third-order valence-corrected chi connectivity index (χ3v) is 8.52. The van der Waals surface area contributed by atoms with Gasteiger partial charge in [0, 0.05) is 5.56 Å². The highest BCUT2D eigenvalue weighted by Gasteiger charge is 2.53. The van der Waals surface area contributed by atoms with Crippen LogP contribution in [0.4, 0.5) is 0 Å². The average Bonchev–Trinajstić information content (AvgIpc) is 3.00. The maximum absolute atomic E-state index is 13.4. The van der Waals surface area contributed by atoms with Crippen LogP contribution in [0.15, 0.2) is 53.4 Å². The van der Waals surface area contributed by atoms with E-state index in [1.54, 1.807) is 50.2 Å². The van der Waals surface area contributed by atoms with Gasteiger partial charge in [-0.25, -0.2) is 8.75 Å². The van der Waals surface area contributed by atoms with E-state index >= 15 is 0 Å². The Morgan fingerprint density at radius 2 is 1.41 bits per heavy atom. The molecule has 1 aliphatic heterocycles. The number of aryl methyl sites for hydroxylation is 2. The monoisotopic (exact) mass is 546 g/mol. The minimum atomic E-state index is -4.85. The summed E-state index contributed by atoms with van der Waals surface area (Å²) in [4.78, 5) is 19.0. The van der Waals surface area contributed by atoms with Crippen LogP contribution in [0.1, 0.15) is 78.5 Å². The number of rotatable bonds is 6. The Balaban J connectivity index is 2.17. The smallest absolute Gasteiger partial charge is 0.508 e. The van der Waals surface area contributed by atoms with Crippen LogP contribution in [-0.4, -0.2) is 23.3 Å². The number of hydrogen-bond donors (Lipinski definition) is 3. The van der Waals surface area contributed by atoms with Crippen LogP contribution < -0.4 is 4.52 Å². The van der Waals surface area contributed by atoms with E-state index in [1.165, 1.54) is 12.1 Å². The lowest BCUT2D eigenvalue weighted by molar-refractivity contribution is 0.178. The molecule has 0 bridgehead atoms. The number of hydrogen-bond acceptors (Lipinski definition) is 6. The van der Waals surface area contributed by atoms with Gasteiger partial charge in [-0.05, 0) is 89.4 Å². The molecule has 0 radical (unpaired) electrons. The van der Waals surface area contributed by atoms with Crippen molar-refractivity contribution >= 4 is 17.9 Å². The first kappa shape index (κ1) is 27.4. The molecule has 0 aromatic heterocycles. The van der Waals surface area contributed by atoms with Crippen LogP contribution in [0.5, 0.6) is 11.5 Å². The van der Waals surface area contributed by atoms with E-state index < -0.39 is 23.5 Å². The molecule has 4 rings (SSSR count). The summed E-state index contributed by atoms with van der Waals surface area (Å²) in [6, 6.07) is 13.1. The standard InChI is InChI=1S/C27H31O8PS/c1-15(2)19-13-22(17(5)11-24(19)28)27(21-9-7-8-10-26(21)37(32,33)35-27)23-14-20(16(3)4)25(12-18(23)6)34-36(29,30)31/h7-16,28H,1-6H3,(H2,29,30,31). The van der Waals surface area contributed by atoms with Crippen LogP contribution in [-0.2, 0) is 24.5 Å². The highest BCUT2D eigenvalue weighted by Crippen LogP contribution is 2.54. The number of fused-ring (bicyclic) bond motifs is 1. The molecule has 198 valence electrons. The molecule has 0 aliphatic carbocycles. The fourth-order valence-electron chi connectivity index (χ4n) is 5.04. The Bertz CT molecular complexity index is 1540. The third kappa shape index (κ3) is 4.71. The van der Waals surface area contributed by atoms with Gasteiger partial charge in [0.1, 0.15) is 16.4 Å². The number of phosphoric acid groups is 1. The topological polar surface area (TPSA) is 130 Å². The van der Waals surface area contributed by atoms with Crippen LogP contribution in [0.25, 0.3) is 0 Å². The molecule has 3 aromatic rings. The predicted molar refractivity (Wildman–Crippen MR) is 139 cm³/mol. The van der Waals surface area contributed by atoms with Crippen molar-refractivity contribution in [1.82, 2.24) is 0 Å². The molecule has 8 nitrogen and oxygen atoms in total. The average molecular weight is 547 g/mol. The van der Waals surface area contributed by atoms with E-state index in [9.17, 15) is 27.9 Å². The molecule has 1 heterocycles. The van der Waals surface area contributed by atoms with Gasteiger partial charge < -0.3 is 9.63 Å². The van der Waals surface area contributed by atoms with Gasteiger partial charge in [-0.15, -0.1) is 0 Å². The van der Waals surface area contributed by atoms with Gasteiger partial charge in [0.25, 0.3) is 10.1 Å². The van der Waals surface area contributed by atoms with Gasteiger partial charge in [0.05, 0.1) is 0 Å². The number of phenols is 1. The molecule has 0 fully saturated rings. The second kappa shape index (κ2) is 9.26. The summed E-state index contributed by atoms with van der Waals surface area (Å²) in [6.45, 7) is 11.0. The van der Waals surface area contributed by atoms with E-state index in [0.717, 1.165) is 0 Å². The maximum atomic E-state index is 13.4. The molecule has 10 heteroatoms. The summed E-state index contributed by atoms with van der Waals surface area (Å²) in [5.74, 6) is -0.168. The molecule has 0 amide bonds. The quantitative estimate of drug-likeness (QED) is 0.264. The van der Waals surface area contributed by atoms with Crippen molar-refractivity contribution in [2.24, 2.45) is 0 Å². The van der Waals surface area contributed by atoms with Crippen LogP contribution >= 0.6 is 7.82 Å². The zero-order valence-corrected chi connectivity index (χ0v) is 23.2. The van der Waals surface area contributed by atoms with Crippen molar-refractivity contribution in [3.05, 3.63) is 87.5 Å². The molecule has 0 saturated heterocycles. The summed E-state index contributed by atoms with van der Waals surface area (Å²) in [6.07, 6.45) is 0. The van der Waals surface area contributed by atoms with Gasteiger partial charge in [-0.3, -0.25) is 9.79 Å². The van der Waals surface area contributed by atoms with Crippen molar-refractivity contribution in [2.45, 2.75) is 63.9 Å². The highest BCUT2D eigenvalue weighted by atomic mass is 32.2. The van der Waals surface area contributed by atoms with Crippen molar-refractivity contribution in [1.29, 1.82) is 0 Å². The highest BCUT2D eigenvalue weighted by molar-refractivity contribution is 7.87. The molecule has 37 heavy (non-hydrogen) atoms. The van der Waals surface area contributed by atoms with Gasteiger partial charge in [-0.1, -0.05) is 45.9 Å². The first-order valence-corrected chi connectivity index (χ1v) is 14.8. The van der Waals surface area contributed by atoms with Gasteiger partial charge in [0.2, 0.25) is 0 Å². The lowest BCUT2D eigenvalue weighted by Crippen LogP contribution is -2.32. The van der Waals surface area contributed by atoms with E-state index in [-0.39, 0.29) is 28.2 Å². The van der Waals surface area contributed by atoms with E-state index in [2.05, 4.69) is 0 Å². The van der Waals surface area contributed by atoms with Gasteiger partial charge >= 0.3 is 7.82 Å².